The molecule has 0 bridgehead atoms. The molecule has 2 aromatic rings. The number of hydrogen-bond acceptors (Lipinski definition) is 7. The topological polar surface area (TPSA) is 130 Å². The number of anilines is 1. The molecule has 2 aromatic heterocycles. The molecule has 0 aromatic carbocycles. The van der Waals surface area contributed by atoms with Crippen LogP contribution in [0.4, 0.5) is 10.6 Å². The third-order valence-electron chi connectivity index (χ3n) is 6.47. The van der Waals surface area contributed by atoms with Gasteiger partial charge in [0, 0.05) is 53.5 Å². The second-order valence-corrected chi connectivity index (χ2v) is 9.73. The van der Waals surface area contributed by atoms with Gasteiger partial charge in [0.05, 0.1) is 13.5 Å². The number of rotatable bonds is 7. The zero-order valence-electron chi connectivity index (χ0n) is 18.3. The molecule has 2 aliphatic rings. The molecule has 10 nitrogen and oxygen atoms in total. The number of aromatic amines is 1. The summed E-state index contributed by atoms with van der Waals surface area (Å²) in [6, 6.07) is 1.81. The lowest BCUT2D eigenvalue weighted by Gasteiger charge is -2.45. The van der Waals surface area contributed by atoms with Gasteiger partial charge < -0.3 is 19.9 Å². The molecule has 2 unspecified atom stereocenters. The van der Waals surface area contributed by atoms with Crippen LogP contribution in [-0.4, -0.2) is 69.1 Å². The summed E-state index contributed by atoms with van der Waals surface area (Å²) in [5.41, 5.74) is 0.528. The number of aromatic nitrogens is 3. The van der Waals surface area contributed by atoms with Crippen LogP contribution < -0.4 is 10.1 Å². The molecule has 3 heterocycles. The second kappa shape index (κ2) is 9.45. The summed E-state index contributed by atoms with van der Waals surface area (Å²) < 4.78 is 10.5. The van der Waals surface area contributed by atoms with E-state index in [1.54, 1.807) is 18.2 Å². The molecule has 32 heavy (non-hydrogen) atoms. The van der Waals surface area contributed by atoms with Gasteiger partial charge in [-0.25, -0.2) is 9.78 Å². The quantitative estimate of drug-likeness (QED) is 0.575. The van der Waals surface area contributed by atoms with Crippen molar-refractivity contribution in [2.24, 2.45) is 0 Å². The number of nitrogens with one attached hydrogen (secondary N) is 2. The van der Waals surface area contributed by atoms with Gasteiger partial charge in [0.2, 0.25) is 5.91 Å². The fourth-order valence-corrected chi connectivity index (χ4v) is 5.50. The average Bonchev–Trinajstić information content (AvgIpc) is 3.49. The summed E-state index contributed by atoms with van der Waals surface area (Å²) in [6.45, 7) is 3.21. The normalized spacial score (nSPS) is 22.4. The fourth-order valence-electron chi connectivity index (χ4n) is 4.78. The number of methoxy groups -OCH3 is 1. The van der Waals surface area contributed by atoms with E-state index in [-0.39, 0.29) is 24.3 Å². The molecular weight excluding hydrogens is 434 g/mol. The number of carboxylic acid groups (broad SMARTS) is 1. The molecular formula is C21H29N5O5S. The molecule has 0 spiro atoms. The van der Waals surface area contributed by atoms with E-state index in [2.05, 4.69) is 20.5 Å². The van der Waals surface area contributed by atoms with Gasteiger partial charge in [0.1, 0.15) is 0 Å². The highest BCUT2D eigenvalue weighted by atomic mass is 32.1. The predicted octanol–water partition coefficient (Wildman–Crippen LogP) is 3.24. The van der Waals surface area contributed by atoms with E-state index in [9.17, 15) is 14.7 Å². The number of ether oxygens (including phenoxy) is 2. The Morgan fingerprint density at radius 3 is 2.88 bits per heavy atom. The van der Waals surface area contributed by atoms with Gasteiger partial charge in [-0.1, -0.05) is 11.3 Å². The number of carbonyl (C=O) groups is 2. The van der Waals surface area contributed by atoms with E-state index in [1.807, 2.05) is 13.0 Å². The molecule has 3 N–H and O–H groups in total. The SMILES string of the molecule is COc1ncc(CC(=O)Nc2cc(C3CCC(N(C(=O)O)C4(C)CCOCC4)C3)[nH]n2)s1. The van der Waals surface area contributed by atoms with Crippen molar-refractivity contribution in [1.82, 2.24) is 20.1 Å². The van der Waals surface area contributed by atoms with E-state index in [0.29, 0.717) is 37.1 Å². The predicted molar refractivity (Wildman–Crippen MR) is 118 cm³/mol. The molecule has 4 rings (SSSR count). The lowest BCUT2D eigenvalue weighted by atomic mass is 9.88. The summed E-state index contributed by atoms with van der Waals surface area (Å²) in [5.74, 6) is 0.466. The van der Waals surface area contributed by atoms with Gasteiger partial charge in [-0.3, -0.25) is 14.8 Å². The molecule has 1 saturated carbocycles. The third-order valence-corrected chi connectivity index (χ3v) is 7.43. The molecule has 2 atom stereocenters. The van der Waals surface area contributed by atoms with Crippen LogP contribution in [0, 0.1) is 0 Å². The van der Waals surface area contributed by atoms with Crippen LogP contribution in [0.2, 0.25) is 0 Å². The first kappa shape index (κ1) is 22.5. The van der Waals surface area contributed by atoms with Crippen LogP contribution in [0.15, 0.2) is 12.3 Å². The van der Waals surface area contributed by atoms with Crippen LogP contribution in [0.1, 0.15) is 55.5 Å². The number of hydrogen-bond donors (Lipinski definition) is 3. The van der Waals surface area contributed by atoms with Crippen molar-refractivity contribution in [3.8, 4) is 5.19 Å². The summed E-state index contributed by atoms with van der Waals surface area (Å²) in [7, 11) is 1.54. The first-order valence-corrected chi connectivity index (χ1v) is 11.6. The van der Waals surface area contributed by atoms with Crippen molar-refractivity contribution in [3.05, 3.63) is 22.8 Å². The largest absolute Gasteiger partial charge is 0.473 e. The monoisotopic (exact) mass is 463 g/mol. The molecule has 1 aliphatic carbocycles. The fraction of sp³-hybridized carbons (Fsp3) is 0.619. The number of H-pyrrole nitrogens is 1. The maximum Gasteiger partial charge on any atom is 0.408 e. The molecule has 1 saturated heterocycles. The van der Waals surface area contributed by atoms with Crippen molar-refractivity contribution in [1.29, 1.82) is 0 Å². The van der Waals surface area contributed by atoms with Crippen molar-refractivity contribution >= 4 is 29.2 Å². The number of carbonyl (C=O) groups excluding carboxylic acids is 1. The van der Waals surface area contributed by atoms with Gasteiger partial charge in [-0.05, 0) is 39.0 Å². The molecule has 0 radical (unpaired) electrons. The summed E-state index contributed by atoms with van der Waals surface area (Å²) in [4.78, 5) is 31.0. The Bertz CT molecular complexity index is 954. The summed E-state index contributed by atoms with van der Waals surface area (Å²) in [5, 5.41) is 20.5. The van der Waals surface area contributed by atoms with Gasteiger partial charge in [0.25, 0.3) is 5.19 Å². The Labute approximate surface area is 190 Å². The van der Waals surface area contributed by atoms with Crippen molar-refractivity contribution in [3.63, 3.8) is 0 Å². The Balaban J connectivity index is 1.36. The second-order valence-electron chi connectivity index (χ2n) is 8.66. The van der Waals surface area contributed by atoms with Crippen LogP contribution in [0.5, 0.6) is 5.19 Å². The third kappa shape index (κ3) is 4.88. The molecule has 2 fully saturated rings. The Kier molecular flexibility index (Phi) is 6.66. The minimum atomic E-state index is -0.864. The van der Waals surface area contributed by atoms with Crippen molar-refractivity contribution in [2.75, 3.05) is 25.6 Å². The van der Waals surface area contributed by atoms with Crippen LogP contribution in [-0.2, 0) is 16.0 Å². The van der Waals surface area contributed by atoms with Crippen LogP contribution >= 0.6 is 11.3 Å². The van der Waals surface area contributed by atoms with E-state index >= 15 is 0 Å². The van der Waals surface area contributed by atoms with E-state index in [0.717, 1.165) is 29.8 Å². The van der Waals surface area contributed by atoms with E-state index in [4.69, 9.17) is 9.47 Å². The van der Waals surface area contributed by atoms with Gasteiger partial charge in [-0.2, -0.15) is 5.10 Å². The van der Waals surface area contributed by atoms with Crippen molar-refractivity contribution in [2.45, 2.75) is 62.9 Å². The first-order valence-electron chi connectivity index (χ1n) is 10.8. The van der Waals surface area contributed by atoms with Crippen molar-refractivity contribution < 1.29 is 24.2 Å². The zero-order valence-corrected chi connectivity index (χ0v) is 19.1. The van der Waals surface area contributed by atoms with Crippen LogP contribution in [0.3, 0.4) is 0 Å². The Morgan fingerprint density at radius 2 is 2.19 bits per heavy atom. The number of nitrogens with zero attached hydrogens (tertiary/aromatic N) is 3. The van der Waals surface area contributed by atoms with Crippen LogP contribution in [0.25, 0.3) is 0 Å². The maximum absolute atomic E-state index is 12.3. The lowest BCUT2D eigenvalue weighted by Crippen LogP contribution is -2.56. The highest BCUT2D eigenvalue weighted by molar-refractivity contribution is 7.13. The van der Waals surface area contributed by atoms with E-state index in [1.165, 1.54) is 11.3 Å². The standard InChI is InChI=1S/C21H29N5O5S/c1-21(5-7-31-8-6-21)26(20(28)29)14-4-3-13(9-14)16-11-17(25-24-16)23-18(27)10-15-12-22-19(30-2)32-15/h11-14H,3-10H2,1-2H3,(H,28,29)(H2,23,24,25,27). The lowest BCUT2D eigenvalue weighted by molar-refractivity contribution is -0.115. The number of amides is 2. The van der Waals surface area contributed by atoms with Gasteiger partial charge in [0.15, 0.2) is 5.82 Å². The first-order chi connectivity index (χ1) is 15.4. The summed E-state index contributed by atoms with van der Waals surface area (Å²) in [6.07, 6.45) is 4.81. The molecule has 174 valence electrons. The van der Waals surface area contributed by atoms with Gasteiger partial charge in [-0.15, -0.1) is 0 Å². The molecule has 2 amide bonds. The van der Waals surface area contributed by atoms with Gasteiger partial charge >= 0.3 is 6.09 Å². The summed E-state index contributed by atoms with van der Waals surface area (Å²) >= 11 is 1.33. The highest BCUT2D eigenvalue weighted by Crippen LogP contribution is 2.41. The highest BCUT2D eigenvalue weighted by Gasteiger charge is 2.44. The Morgan fingerprint density at radius 1 is 1.41 bits per heavy atom. The molecule has 1 aliphatic heterocycles. The molecule has 11 heteroatoms. The zero-order chi connectivity index (χ0) is 22.7. The minimum Gasteiger partial charge on any atom is -0.473 e. The maximum atomic E-state index is 12.3. The average molecular weight is 464 g/mol. The smallest absolute Gasteiger partial charge is 0.408 e. The number of thiazole rings is 1. The minimum absolute atomic E-state index is 0.0387. The Hall–Kier alpha value is -2.66. The van der Waals surface area contributed by atoms with E-state index < -0.39 is 11.6 Å².